The van der Waals surface area contributed by atoms with Crippen LogP contribution in [-0.2, 0) is 4.79 Å². The Morgan fingerprint density at radius 2 is 2.04 bits per heavy atom. The first-order chi connectivity index (χ1) is 12.0. The fourth-order valence-corrected chi connectivity index (χ4v) is 2.89. The second-order valence-electron chi connectivity index (χ2n) is 5.90. The van der Waals surface area contributed by atoms with Crippen LogP contribution in [0, 0.1) is 11.3 Å². The predicted octanol–water partition coefficient (Wildman–Crippen LogP) is 3.05. The van der Waals surface area contributed by atoms with E-state index in [1.54, 1.807) is 6.07 Å². The number of hydrogen-bond acceptors (Lipinski definition) is 5. The zero-order chi connectivity index (χ0) is 18.3. The summed E-state index contributed by atoms with van der Waals surface area (Å²) in [4.78, 5) is 12.1. The van der Waals surface area contributed by atoms with Gasteiger partial charge in [-0.15, -0.1) is 0 Å². The molecular weight excluding hydrogens is 332 g/mol. The van der Waals surface area contributed by atoms with Crippen LogP contribution in [0.4, 0.5) is 14.5 Å². The van der Waals surface area contributed by atoms with Gasteiger partial charge in [0.2, 0.25) is 5.91 Å². The predicted molar refractivity (Wildman–Crippen MR) is 87.7 cm³/mol. The Bertz CT molecular complexity index is 641. The third-order valence-corrected chi connectivity index (χ3v) is 4.13. The van der Waals surface area contributed by atoms with Crippen molar-refractivity contribution in [2.75, 3.05) is 19.0 Å². The van der Waals surface area contributed by atoms with Gasteiger partial charge >= 0.3 is 6.61 Å². The van der Waals surface area contributed by atoms with Crippen LogP contribution >= 0.6 is 0 Å². The number of hydrogen-bond donors (Lipinski definition) is 2. The number of halogens is 2. The summed E-state index contributed by atoms with van der Waals surface area (Å²) in [6, 6.07) is 6.60. The third-order valence-electron chi connectivity index (χ3n) is 4.13. The standard InChI is InChI=1S/C17H21F2N3O3/c1-24-13-6-5-12(9-14(13)25-16(18)19)21-10-15(23)22-17(11-20)7-3-2-4-8-17/h5-6,9,16,21H,2-4,7-8,10H2,1H3,(H,22,23). The van der Waals surface area contributed by atoms with Crippen LogP contribution in [0.1, 0.15) is 32.1 Å². The van der Waals surface area contributed by atoms with Gasteiger partial charge in [-0.3, -0.25) is 4.79 Å². The molecule has 136 valence electrons. The number of ether oxygens (including phenoxy) is 2. The fraction of sp³-hybridized carbons (Fsp3) is 0.529. The highest BCUT2D eigenvalue weighted by molar-refractivity contribution is 5.82. The van der Waals surface area contributed by atoms with E-state index in [1.807, 2.05) is 0 Å². The second kappa shape index (κ2) is 8.51. The van der Waals surface area contributed by atoms with Crippen molar-refractivity contribution < 1.29 is 23.0 Å². The molecule has 8 heteroatoms. The maximum Gasteiger partial charge on any atom is 0.387 e. The third kappa shape index (κ3) is 5.21. The van der Waals surface area contributed by atoms with Gasteiger partial charge in [0.05, 0.1) is 19.7 Å². The average molecular weight is 353 g/mol. The van der Waals surface area contributed by atoms with Gasteiger partial charge in [0, 0.05) is 11.8 Å². The van der Waals surface area contributed by atoms with E-state index in [-0.39, 0.29) is 24.0 Å². The number of methoxy groups -OCH3 is 1. The number of benzene rings is 1. The van der Waals surface area contributed by atoms with E-state index in [2.05, 4.69) is 21.4 Å². The molecule has 0 radical (unpaired) electrons. The van der Waals surface area contributed by atoms with Crippen LogP contribution in [0.5, 0.6) is 11.5 Å². The van der Waals surface area contributed by atoms with Gasteiger partial charge in [-0.25, -0.2) is 0 Å². The average Bonchev–Trinajstić information content (AvgIpc) is 2.60. The molecule has 0 aromatic heterocycles. The normalized spacial score (nSPS) is 16.0. The van der Waals surface area contributed by atoms with Gasteiger partial charge in [-0.2, -0.15) is 14.0 Å². The number of carbonyl (C=O) groups is 1. The summed E-state index contributed by atoms with van der Waals surface area (Å²) in [7, 11) is 1.35. The van der Waals surface area contributed by atoms with E-state index in [4.69, 9.17) is 4.74 Å². The van der Waals surface area contributed by atoms with E-state index < -0.39 is 12.2 Å². The summed E-state index contributed by atoms with van der Waals surface area (Å²) in [5, 5.41) is 15.0. The van der Waals surface area contributed by atoms with Gasteiger partial charge in [-0.05, 0) is 25.0 Å². The van der Waals surface area contributed by atoms with E-state index in [9.17, 15) is 18.8 Å². The number of anilines is 1. The van der Waals surface area contributed by atoms with Crippen LogP contribution in [0.3, 0.4) is 0 Å². The highest BCUT2D eigenvalue weighted by Gasteiger charge is 2.33. The molecule has 2 N–H and O–H groups in total. The first-order valence-corrected chi connectivity index (χ1v) is 8.07. The molecule has 0 spiro atoms. The van der Waals surface area contributed by atoms with Crippen LogP contribution in [-0.4, -0.2) is 31.7 Å². The lowest BCUT2D eigenvalue weighted by atomic mass is 9.83. The van der Waals surface area contributed by atoms with E-state index in [0.717, 1.165) is 19.3 Å². The molecule has 1 saturated carbocycles. The van der Waals surface area contributed by atoms with Gasteiger partial charge in [-0.1, -0.05) is 19.3 Å². The molecule has 1 aliphatic carbocycles. The van der Waals surface area contributed by atoms with Crippen molar-refractivity contribution in [3.05, 3.63) is 18.2 Å². The largest absolute Gasteiger partial charge is 0.493 e. The van der Waals surface area contributed by atoms with Crippen molar-refractivity contribution in [2.45, 2.75) is 44.3 Å². The summed E-state index contributed by atoms with van der Waals surface area (Å²) in [5.41, 5.74) is -0.373. The van der Waals surface area contributed by atoms with Crippen LogP contribution < -0.4 is 20.1 Å². The number of nitriles is 1. The Balaban J connectivity index is 1.96. The summed E-state index contributed by atoms with van der Waals surface area (Å²) < 4.78 is 34.2. The van der Waals surface area contributed by atoms with E-state index >= 15 is 0 Å². The number of amides is 1. The second-order valence-corrected chi connectivity index (χ2v) is 5.90. The monoisotopic (exact) mass is 353 g/mol. The maximum absolute atomic E-state index is 12.4. The minimum absolute atomic E-state index is 0.0795. The molecule has 0 aliphatic heterocycles. The van der Waals surface area contributed by atoms with Gasteiger partial charge < -0.3 is 20.1 Å². The van der Waals surface area contributed by atoms with Crippen LogP contribution in [0.2, 0.25) is 0 Å². The lowest BCUT2D eigenvalue weighted by Gasteiger charge is -2.31. The molecule has 6 nitrogen and oxygen atoms in total. The van der Waals surface area contributed by atoms with Gasteiger partial charge in [0.1, 0.15) is 5.54 Å². The summed E-state index contributed by atoms with van der Waals surface area (Å²) in [6.07, 6.45) is 4.17. The quantitative estimate of drug-likeness (QED) is 0.787. The molecule has 1 aromatic carbocycles. The Kier molecular flexibility index (Phi) is 6.39. The topological polar surface area (TPSA) is 83.4 Å². The number of rotatable bonds is 7. The van der Waals surface area contributed by atoms with Gasteiger partial charge in [0.15, 0.2) is 11.5 Å². The SMILES string of the molecule is COc1ccc(NCC(=O)NC2(C#N)CCCCC2)cc1OC(F)F. The maximum atomic E-state index is 12.4. The van der Waals surface area contributed by atoms with Crippen molar-refractivity contribution in [3.63, 3.8) is 0 Å². The molecule has 0 saturated heterocycles. The van der Waals surface area contributed by atoms with E-state index in [1.165, 1.54) is 19.2 Å². The van der Waals surface area contributed by atoms with Crippen molar-refractivity contribution in [1.82, 2.24) is 5.32 Å². The minimum Gasteiger partial charge on any atom is -0.493 e. The lowest BCUT2D eigenvalue weighted by molar-refractivity contribution is -0.121. The Labute approximate surface area is 145 Å². The first kappa shape index (κ1) is 18.8. The highest BCUT2D eigenvalue weighted by Crippen LogP contribution is 2.31. The van der Waals surface area contributed by atoms with Gasteiger partial charge in [0.25, 0.3) is 0 Å². The minimum atomic E-state index is -2.98. The Hall–Kier alpha value is -2.56. The number of nitrogens with one attached hydrogen (secondary N) is 2. The molecule has 2 rings (SSSR count). The molecule has 1 aromatic rings. The number of carbonyl (C=O) groups excluding carboxylic acids is 1. The molecule has 0 atom stereocenters. The molecule has 0 unspecified atom stereocenters. The molecule has 25 heavy (non-hydrogen) atoms. The zero-order valence-electron chi connectivity index (χ0n) is 14.0. The molecule has 0 bridgehead atoms. The Morgan fingerprint density at radius 3 is 2.64 bits per heavy atom. The summed E-state index contributed by atoms with van der Waals surface area (Å²) in [6.45, 7) is -3.06. The van der Waals surface area contributed by atoms with Crippen LogP contribution in [0.25, 0.3) is 0 Å². The Morgan fingerprint density at radius 1 is 1.32 bits per heavy atom. The van der Waals surface area contributed by atoms with Crippen molar-refractivity contribution in [1.29, 1.82) is 5.26 Å². The summed E-state index contributed by atoms with van der Waals surface area (Å²) in [5.74, 6) is -0.278. The van der Waals surface area contributed by atoms with Crippen molar-refractivity contribution >= 4 is 11.6 Å². The lowest BCUT2D eigenvalue weighted by Crippen LogP contribution is -2.50. The molecule has 1 fully saturated rings. The van der Waals surface area contributed by atoms with Crippen molar-refractivity contribution in [3.8, 4) is 17.6 Å². The summed E-state index contributed by atoms with van der Waals surface area (Å²) >= 11 is 0. The fourth-order valence-electron chi connectivity index (χ4n) is 2.89. The number of nitrogens with zero attached hydrogens (tertiary/aromatic N) is 1. The molecule has 0 heterocycles. The van der Waals surface area contributed by atoms with Crippen molar-refractivity contribution in [2.24, 2.45) is 0 Å². The highest BCUT2D eigenvalue weighted by atomic mass is 19.3. The molecule has 1 aliphatic rings. The zero-order valence-corrected chi connectivity index (χ0v) is 14.0. The van der Waals surface area contributed by atoms with Crippen LogP contribution in [0.15, 0.2) is 18.2 Å². The number of alkyl halides is 2. The first-order valence-electron chi connectivity index (χ1n) is 8.07. The van der Waals surface area contributed by atoms with E-state index in [0.29, 0.717) is 18.5 Å². The molecule has 1 amide bonds. The smallest absolute Gasteiger partial charge is 0.387 e. The molecular formula is C17H21F2N3O3.